The summed E-state index contributed by atoms with van der Waals surface area (Å²) in [7, 11) is 2.37. The highest BCUT2D eigenvalue weighted by Crippen LogP contribution is 2.25. The quantitative estimate of drug-likeness (QED) is 0.433. The number of nitrogens with one attached hydrogen (secondary N) is 1. The maximum Gasteiger partial charge on any atom is 0.190 e. The third-order valence-corrected chi connectivity index (χ3v) is 2.80. The number of nitrogens with two attached hydrogens (primary N) is 2. The highest BCUT2D eigenvalue weighted by Gasteiger charge is 2.11. The van der Waals surface area contributed by atoms with Crippen LogP contribution in [0.2, 0.25) is 0 Å². The summed E-state index contributed by atoms with van der Waals surface area (Å²) in [5.74, 6) is -4.04. The molecule has 0 unspecified atom stereocenters. The van der Waals surface area contributed by atoms with Crippen molar-refractivity contribution in [1.82, 2.24) is 0 Å². The van der Waals surface area contributed by atoms with E-state index in [1.165, 1.54) is 14.2 Å². The standard InChI is InChI=1S/C8H8F2N2OS.C7H7F2NO/c1-13-7-5(9)2-4(3-6(7)10)12-8(11)14;1-11-7-5(8)2-4(10)3-6(7)9/h2-3H,1H3,(H3,11,12,14);2-3H,10H2,1H3. The fourth-order valence-electron chi connectivity index (χ4n) is 1.74. The van der Waals surface area contributed by atoms with Crippen LogP contribution in [0.15, 0.2) is 24.3 Å². The first-order valence-corrected chi connectivity index (χ1v) is 6.98. The average molecular weight is 377 g/mol. The number of ether oxygens (including phenoxy) is 2. The molecule has 0 bridgehead atoms. The van der Waals surface area contributed by atoms with Gasteiger partial charge in [-0.1, -0.05) is 0 Å². The van der Waals surface area contributed by atoms with Crippen molar-refractivity contribution >= 4 is 28.7 Å². The number of rotatable bonds is 3. The number of hydrogen-bond donors (Lipinski definition) is 3. The molecular weight excluding hydrogens is 362 g/mol. The zero-order valence-electron chi connectivity index (χ0n) is 13.2. The minimum absolute atomic E-state index is 0.0424. The van der Waals surface area contributed by atoms with E-state index < -0.39 is 34.8 Å². The second kappa shape index (κ2) is 8.92. The second-order valence-corrected chi connectivity index (χ2v) is 4.92. The maximum atomic E-state index is 13.1. The van der Waals surface area contributed by atoms with Crippen LogP contribution >= 0.6 is 12.2 Å². The molecule has 2 rings (SSSR count). The van der Waals surface area contributed by atoms with E-state index in [1.807, 2.05) is 0 Å². The molecule has 0 atom stereocenters. The van der Waals surface area contributed by atoms with Crippen LogP contribution in [0.25, 0.3) is 0 Å². The van der Waals surface area contributed by atoms with Crippen molar-refractivity contribution in [1.29, 1.82) is 0 Å². The van der Waals surface area contributed by atoms with Crippen LogP contribution in [0.4, 0.5) is 28.9 Å². The molecule has 25 heavy (non-hydrogen) atoms. The zero-order chi connectivity index (χ0) is 19.1. The van der Waals surface area contributed by atoms with Crippen molar-refractivity contribution in [2.75, 3.05) is 25.3 Å². The van der Waals surface area contributed by atoms with Crippen LogP contribution < -0.4 is 26.3 Å². The van der Waals surface area contributed by atoms with Crippen molar-refractivity contribution in [3.05, 3.63) is 47.5 Å². The molecule has 0 aliphatic rings. The van der Waals surface area contributed by atoms with Crippen LogP contribution in [-0.2, 0) is 0 Å². The molecule has 0 radical (unpaired) electrons. The number of hydrogen-bond acceptors (Lipinski definition) is 4. The Morgan fingerprint density at radius 3 is 1.56 bits per heavy atom. The Balaban J connectivity index is 0.000000257. The molecule has 0 saturated heterocycles. The fourth-order valence-corrected chi connectivity index (χ4v) is 1.86. The first-order valence-electron chi connectivity index (χ1n) is 6.57. The van der Waals surface area contributed by atoms with Gasteiger partial charge in [-0.2, -0.15) is 0 Å². The minimum atomic E-state index is -0.814. The summed E-state index contributed by atoms with van der Waals surface area (Å²) >= 11 is 4.52. The van der Waals surface area contributed by atoms with Crippen molar-refractivity contribution < 1.29 is 27.0 Å². The Labute approximate surface area is 146 Å². The van der Waals surface area contributed by atoms with Gasteiger partial charge in [-0.15, -0.1) is 0 Å². The lowest BCUT2D eigenvalue weighted by Gasteiger charge is -2.07. The van der Waals surface area contributed by atoms with E-state index in [2.05, 4.69) is 27.0 Å². The molecule has 0 aliphatic carbocycles. The molecule has 0 spiro atoms. The predicted octanol–water partition coefficient (Wildman–Crippen LogP) is 3.18. The number of benzene rings is 2. The zero-order valence-corrected chi connectivity index (χ0v) is 14.0. The molecule has 0 saturated carbocycles. The van der Waals surface area contributed by atoms with E-state index >= 15 is 0 Å². The highest BCUT2D eigenvalue weighted by molar-refractivity contribution is 7.80. The van der Waals surface area contributed by atoms with Gasteiger partial charge in [-0.05, 0) is 12.2 Å². The normalized spacial score (nSPS) is 9.68. The summed E-state index contributed by atoms with van der Waals surface area (Å²) in [6, 6.07) is 4.09. The van der Waals surface area contributed by atoms with Gasteiger partial charge in [0.1, 0.15) is 0 Å². The van der Waals surface area contributed by atoms with Gasteiger partial charge in [-0.25, -0.2) is 17.6 Å². The molecule has 0 heterocycles. The molecule has 0 aromatic heterocycles. The lowest BCUT2D eigenvalue weighted by atomic mass is 10.2. The Morgan fingerprint density at radius 2 is 1.24 bits per heavy atom. The van der Waals surface area contributed by atoms with Gasteiger partial charge in [0.25, 0.3) is 0 Å². The predicted molar refractivity (Wildman–Crippen MR) is 90.6 cm³/mol. The largest absolute Gasteiger partial charge is 0.491 e. The van der Waals surface area contributed by atoms with Gasteiger partial charge in [0.15, 0.2) is 39.9 Å². The van der Waals surface area contributed by atoms with Crippen LogP contribution in [0, 0.1) is 23.3 Å². The van der Waals surface area contributed by atoms with Gasteiger partial charge in [0.05, 0.1) is 14.2 Å². The molecule has 0 fully saturated rings. The highest BCUT2D eigenvalue weighted by atomic mass is 32.1. The Morgan fingerprint density at radius 1 is 0.880 bits per heavy atom. The van der Waals surface area contributed by atoms with E-state index in [0.29, 0.717) is 0 Å². The molecule has 136 valence electrons. The Hall–Kier alpha value is -2.75. The van der Waals surface area contributed by atoms with E-state index in [1.54, 1.807) is 0 Å². The first-order chi connectivity index (χ1) is 11.7. The van der Waals surface area contributed by atoms with Gasteiger partial charge in [0, 0.05) is 35.6 Å². The number of halogens is 4. The van der Waals surface area contributed by atoms with Crippen molar-refractivity contribution in [3.63, 3.8) is 0 Å². The van der Waals surface area contributed by atoms with Crippen LogP contribution in [-0.4, -0.2) is 19.3 Å². The lowest BCUT2D eigenvalue weighted by Crippen LogP contribution is -2.19. The van der Waals surface area contributed by atoms with Crippen molar-refractivity contribution in [2.24, 2.45) is 5.73 Å². The summed E-state index contributed by atoms with van der Waals surface area (Å²) in [4.78, 5) is 0. The monoisotopic (exact) mass is 377 g/mol. The first kappa shape index (κ1) is 20.3. The summed E-state index contributed by atoms with van der Waals surface area (Å²) in [6.45, 7) is 0. The number of thiocarbonyl (C=S) groups is 1. The summed E-state index contributed by atoms with van der Waals surface area (Å²) in [6.07, 6.45) is 0. The van der Waals surface area contributed by atoms with Gasteiger partial charge < -0.3 is 26.3 Å². The van der Waals surface area contributed by atoms with E-state index in [0.717, 1.165) is 24.3 Å². The molecule has 5 N–H and O–H groups in total. The topological polar surface area (TPSA) is 82.5 Å². The average Bonchev–Trinajstić information content (AvgIpc) is 2.46. The summed E-state index contributed by atoms with van der Waals surface area (Å²) in [5.41, 5.74) is 10.5. The third kappa shape index (κ3) is 5.68. The Bertz CT molecular complexity index is 728. The van der Waals surface area contributed by atoms with Crippen molar-refractivity contribution in [2.45, 2.75) is 0 Å². The van der Waals surface area contributed by atoms with Crippen molar-refractivity contribution in [3.8, 4) is 11.5 Å². The molecule has 5 nitrogen and oxygen atoms in total. The SMILES string of the molecule is COc1c(F)cc(N)cc1F.COc1c(F)cc(NC(N)=S)cc1F. The summed E-state index contributed by atoms with van der Waals surface area (Å²) in [5, 5.41) is 2.35. The smallest absolute Gasteiger partial charge is 0.190 e. The molecule has 2 aromatic rings. The second-order valence-electron chi connectivity index (χ2n) is 4.48. The maximum absolute atomic E-state index is 13.1. The molecule has 0 amide bonds. The molecule has 10 heteroatoms. The van der Waals surface area contributed by atoms with Gasteiger partial charge in [-0.3, -0.25) is 0 Å². The molecule has 0 aliphatic heterocycles. The Kier molecular flexibility index (Phi) is 7.24. The van der Waals surface area contributed by atoms with E-state index in [4.69, 9.17) is 11.5 Å². The fraction of sp³-hybridized carbons (Fsp3) is 0.133. The van der Waals surface area contributed by atoms with Crippen LogP contribution in [0.3, 0.4) is 0 Å². The number of nitrogen functional groups attached to an aromatic ring is 1. The van der Waals surface area contributed by atoms with Gasteiger partial charge >= 0.3 is 0 Å². The third-order valence-electron chi connectivity index (χ3n) is 2.69. The van der Waals surface area contributed by atoms with E-state index in [-0.39, 0.29) is 16.5 Å². The lowest BCUT2D eigenvalue weighted by molar-refractivity contribution is 0.360. The molecular formula is C15H15F4N3O2S. The summed E-state index contributed by atoms with van der Waals surface area (Å²) < 4.78 is 60.4. The van der Waals surface area contributed by atoms with E-state index in [9.17, 15) is 17.6 Å². The molecule has 2 aromatic carbocycles. The minimum Gasteiger partial charge on any atom is -0.491 e. The number of anilines is 2. The van der Waals surface area contributed by atoms with Crippen LogP contribution in [0.5, 0.6) is 11.5 Å². The van der Waals surface area contributed by atoms with Gasteiger partial charge in [0.2, 0.25) is 0 Å². The van der Waals surface area contributed by atoms with Crippen LogP contribution in [0.1, 0.15) is 0 Å². The number of methoxy groups -OCH3 is 2.